The molecule has 0 saturated heterocycles. The van der Waals surface area contributed by atoms with Crippen molar-refractivity contribution in [2.24, 2.45) is 0 Å². The third-order valence-corrected chi connectivity index (χ3v) is 5.27. The first-order valence-electron chi connectivity index (χ1n) is 9.57. The van der Waals surface area contributed by atoms with Crippen molar-refractivity contribution >= 4 is 11.6 Å². The average Bonchev–Trinajstić information content (AvgIpc) is 2.95. The van der Waals surface area contributed by atoms with Crippen LogP contribution in [0.3, 0.4) is 0 Å². The van der Waals surface area contributed by atoms with Crippen molar-refractivity contribution in [3.05, 3.63) is 76.6 Å². The summed E-state index contributed by atoms with van der Waals surface area (Å²) in [4.78, 5) is 14.4. The SMILES string of the molecule is Cc1ccccc1-n1nc(C)c(CN(C)C(=O)CCc2ccccc2N)c1C. The van der Waals surface area contributed by atoms with E-state index in [4.69, 9.17) is 10.8 Å². The third kappa shape index (κ3) is 4.09. The Labute approximate surface area is 166 Å². The Morgan fingerprint density at radius 1 is 1.07 bits per heavy atom. The van der Waals surface area contributed by atoms with E-state index in [9.17, 15) is 4.79 Å². The first-order valence-corrected chi connectivity index (χ1v) is 9.57. The van der Waals surface area contributed by atoms with Crippen molar-refractivity contribution in [2.75, 3.05) is 12.8 Å². The Bertz CT molecular complexity index is 990. The number of hydrogen-bond donors (Lipinski definition) is 1. The highest BCUT2D eigenvalue weighted by Gasteiger charge is 2.18. The fourth-order valence-corrected chi connectivity index (χ4v) is 3.46. The van der Waals surface area contributed by atoms with Crippen LogP contribution in [0.15, 0.2) is 48.5 Å². The van der Waals surface area contributed by atoms with Gasteiger partial charge in [0.1, 0.15) is 0 Å². The number of amides is 1. The molecule has 0 aliphatic rings. The molecule has 0 aliphatic carbocycles. The summed E-state index contributed by atoms with van der Waals surface area (Å²) in [6.45, 7) is 6.69. The van der Waals surface area contributed by atoms with Crippen LogP contribution in [0.5, 0.6) is 0 Å². The van der Waals surface area contributed by atoms with Crippen LogP contribution < -0.4 is 5.73 Å². The fraction of sp³-hybridized carbons (Fsp3) is 0.304. The summed E-state index contributed by atoms with van der Waals surface area (Å²) in [7, 11) is 1.85. The molecule has 146 valence electrons. The van der Waals surface area contributed by atoms with Crippen LogP contribution in [-0.4, -0.2) is 27.6 Å². The number of hydrogen-bond acceptors (Lipinski definition) is 3. The van der Waals surface area contributed by atoms with Gasteiger partial charge in [-0.1, -0.05) is 36.4 Å². The molecular weight excluding hydrogens is 348 g/mol. The fourth-order valence-electron chi connectivity index (χ4n) is 3.46. The highest BCUT2D eigenvalue weighted by atomic mass is 16.2. The molecule has 0 fully saturated rings. The monoisotopic (exact) mass is 376 g/mol. The number of benzene rings is 2. The molecule has 0 spiro atoms. The molecule has 1 heterocycles. The van der Waals surface area contributed by atoms with E-state index < -0.39 is 0 Å². The predicted octanol–water partition coefficient (Wildman–Crippen LogP) is 3.97. The van der Waals surface area contributed by atoms with Crippen LogP contribution in [0.2, 0.25) is 0 Å². The number of nitrogens with two attached hydrogens (primary N) is 1. The van der Waals surface area contributed by atoms with Gasteiger partial charge in [-0.3, -0.25) is 4.79 Å². The topological polar surface area (TPSA) is 64.2 Å². The number of anilines is 1. The van der Waals surface area contributed by atoms with Crippen LogP contribution in [-0.2, 0) is 17.8 Å². The minimum Gasteiger partial charge on any atom is -0.399 e. The van der Waals surface area contributed by atoms with Crippen molar-refractivity contribution in [3.63, 3.8) is 0 Å². The molecule has 5 nitrogen and oxygen atoms in total. The Morgan fingerprint density at radius 2 is 1.75 bits per heavy atom. The zero-order valence-corrected chi connectivity index (χ0v) is 17.1. The Kier molecular flexibility index (Phi) is 5.83. The second-order valence-corrected chi connectivity index (χ2v) is 7.30. The molecule has 0 radical (unpaired) electrons. The lowest BCUT2D eigenvalue weighted by Crippen LogP contribution is -2.27. The molecule has 3 aromatic rings. The first kappa shape index (κ1) is 19.7. The lowest BCUT2D eigenvalue weighted by atomic mass is 10.1. The minimum absolute atomic E-state index is 0.102. The third-order valence-electron chi connectivity index (χ3n) is 5.27. The Hall–Kier alpha value is -3.08. The summed E-state index contributed by atoms with van der Waals surface area (Å²) < 4.78 is 1.98. The molecule has 3 rings (SSSR count). The highest BCUT2D eigenvalue weighted by molar-refractivity contribution is 5.76. The lowest BCUT2D eigenvalue weighted by Gasteiger charge is -2.18. The summed E-state index contributed by atoms with van der Waals surface area (Å²) in [5.41, 5.74) is 13.1. The maximum absolute atomic E-state index is 12.6. The Balaban J connectivity index is 1.72. The predicted molar refractivity (Wildman–Crippen MR) is 113 cm³/mol. The maximum atomic E-state index is 12.6. The zero-order chi connectivity index (χ0) is 20.3. The second-order valence-electron chi connectivity index (χ2n) is 7.30. The molecule has 0 bridgehead atoms. The van der Waals surface area contributed by atoms with Crippen molar-refractivity contribution in [1.82, 2.24) is 14.7 Å². The number of nitrogen functional groups attached to an aromatic ring is 1. The summed E-state index contributed by atoms with van der Waals surface area (Å²) in [5.74, 6) is 0.102. The van der Waals surface area contributed by atoms with Gasteiger partial charge < -0.3 is 10.6 Å². The van der Waals surface area contributed by atoms with Gasteiger partial charge in [0.2, 0.25) is 5.91 Å². The van der Waals surface area contributed by atoms with Crippen LogP contribution >= 0.6 is 0 Å². The molecule has 0 unspecified atom stereocenters. The van der Waals surface area contributed by atoms with Crippen molar-refractivity contribution in [3.8, 4) is 5.69 Å². The molecule has 2 N–H and O–H groups in total. The number of para-hydroxylation sites is 2. The van der Waals surface area contributed by atoms with Crippen LogP contribution in [0.4, 0.5) is 5.69 Å². The van der Waals surface area contributed by atoms with E-state index in [0.29, 0.717) is 19.4 Å². The normalized spacial score (nSPS) is 10.9. The zero-order valence-electron chi connectivity index (χ0n) is 17.1. The van der Waals surface area contributed by atoms with E-state index in [-0.39, 0.29) is 5.91 Å². The summed E-state index contributed by atoms with van der Waals surface area (Å²) >= 11 is 0. The number of aryl methyl sites for hydroxylation is 3. The van der Waals surface area contributed by atoms with Gasteiger partial charge in [-0.2, -0.15) is 5.10 Å². The Morgan fingerprint density at radius 3 is 2.46 bits per heavy atom. The highest BCUT2D eigenvalue weighted by Crippen LogP contribution is 2.22. The van der Waals surface area contributed by atoms with Crippen LogP contribution in [0.1, 0.15) is 34.5 Å². The van der Waals surface area contributed by atoms with E-state index in [1.165, 1.54) is 5.56 Å². The standard InChI is InChI=1S/C23H28N4O/c1-16-9-5-8-12-22(16)27-18(3)20(17(2)25-27)15-26(4)23(28)14-13-19-10-6-7-11-21(19)24/h5-12H,13-15,24H2,1-4H3. The molecule has 5 heteroatoms. The summed E-state index contributed by atoms with van der Waals surface area (Å²) in [6, 6.07) is 15.9. The number of nitrogens with zero attached hydrogens (tertiary/aromatic N) is 3. The van der Waals surface area contributed by atoms with Gasteiger partial charge in [-0.05, 0) is 50.5 Å². The first-order chi connectivity index (χ1) is 13.4. The van der Waals surface area contributed by atoms with Crippen molar-refractivity contribution in [1.29, 1.82) is 0 Å². The van der Waals surface area contributed by atoms with Crippen LogP contribution in [0, 0.1) is 20.8 Å². The average molecular weight is 377 g/mol. The van der Waals surface area contributed by atoms with Gasteiger partial charge in [-0.25, -0.2) is 4.68 Å². The molecule has 1 amide bonds. The van der Waals surface area contributed by atoms with Gasteiger partial charge in [0, 0.05) is 37.0 Å². The minimum atomic E-state index is 0.102. The molecular formula is C23H28N4O. The molecule has 1 aromatic heterocycles. The second kappa shape index (κ2) is 8.30. The number of aromatic nitrogens is 2. The van der Waals surface area contributed by atoms with Gasteiger partial charge >= 0.3 is 0 Å². The van der Waals surface area contributed by atoms with E-state index in [0.717, 1.165) is 33.9 Å². The van der Waals surface area contributed by atoms with E-state index >= 15 is 0 Å². The van der Waals surface area contributed by atoms with Crippen molar-refractivity contribution < 1.29 is 4.79 Å². The molecule has 0 saturated carbocycles. The van der Waals surface area contributed by atoms with E-state index in [1.807, 2.05) is 55.1 Å². The largest absolute Gasteiger partial charge is 0.399 e. The smallest absolute Gasteiger partial charge is 0.222 e. The van der Waals surface area contributed by atoms with Gasteiger partial charge in [0.05, 0.1) is 11.4 Å². The number of carbonyl (C=O) groups excluding carboxylic acids is 1. The quantitative estimate of drug-likeness (QED) is 0.662. The maximum Gasteiger partial charge on any atom is 0.222 e. The number of rotatable bonds is 6. The van der Waals surface area contributed by atoms with Gasteiger partial charge in [0.15, 0.2) is 0 Å². The number of carbonyl (C=O) groups is 1. The summed E-state index contributed by atoms with van der Waals surface area (Å²) in [5, 5.41) is 4.72. The van der Waals surface area contributed by atoms with Crippen molar-refractivity contribution in [2.45, 2.75) is 40.2 Å². The molecule has 0 aliphatic heterocycles. The van der Waals surface area contributed by atoms with E-state index in [1.54, 1.807) is 4.90 Å². The summed E-state index contributed by atoms with van der Waals surface area (Å²) in [6.07, 6.45) is 1.09. The van der Waals surface area contributed by atoms with Crippen LogP contribution in [0.25, 0.3) is 5.69 Å². The van der Waals surface area contributed by atoms with Gasteiger partial charge in [-0.15, -0.1) is 0 Å². The van der Waals surface area contributed by atoms with E-state index in [2.05, 4.69) is 26.0 Å². The molecule has 28 heavy (non-hydrogen) atoms. The van der Waals surface area contributed by atoms with Gasteiger partial charge in [0.25, 0.3) is 0 Å². The molecule has 0 atom stereocenters. The molecule has 2 aromatic carbocycles. The lowest BCUT2D eigenvalue weighted by molar-refractivity contribution is -0.130.